The van der Waals surface area contributed by atoms with Crippen molar-refractivity contribution in [2.24, 2.45) is 0 Å². The molecule has 0 bridgehead atoms. The summed E-state index contributed by atoms with van der Waals surface area (Å²) in [6, 6.07) is 0. The molecule has 2 aliphatic heterocycles. The average Bonchev–Trinajstić information content (AvgIpc) is 2.58. The Labute approximate surface area is 67.1 Å². The third-order valence-electron chi connectivity index (χ3n) is 2.27. The lowest BCUT2D eigenvalue weighted by Gasteiger charge is -2.28. The first-order valence-corrected chi connectivity index (χ1v) is 4.43. The first-order chi connectivity index (χ1) is 5.47. The Kier molecular flexibility index (Phi) is 2.41. The first kappa shape index (κ1) is 7.53. The fourth-order valence-electron chi connectivity index (χ4n) is 1.67. The van der Waals surface area contributed by atoms with Crippen molar-refractivity contribution < 1.29 is 9.47 Å². The van der Waals surface area contributed by atoms with Crippen molar-refractivity contribution in [2.45, 2.75) is 31.6 Å². The first-order valence-electron chi connectivity index (χ1n) is 4.43. The molecule has 1 N–H and O–H groups in total. The minimum Gasteiger partial charge on any atom is -0.374 e. The maximum absolute atomic E-state index is 5.53. The van der Waals surface area contributed by atoms with Crippen LogP contribution in [0.5, 0.6) is 0 Å². The summed E-state index contributed by atoms with van der Waals surface area (Å²) in [5.74, 6) is 0. The van der Waals surface area contributed by atoms with Crippen molar-refractivity contribution in [1.82, 2.24) is 5.32 Å². The van der Waals surface area contributed by atoms with Gasteiger partial charge in [0.25, 0.3) is 0 Å². The quantitative estimate of drug-likeness (QED) is 0.601. The molecule has 11 heavy (non-hydrogen) atoms. The van der Waals surface area contributed by atoms with Crippen LogP contribution >= 0.6 is 0 Å². The molecule has 0 aromatic rings. The van der Waals surface area contributed by atoms with Crippen molar-refractivity contribution in [1.29, 1.82) is 0 Å². The van der Waals surface area contributed by atoms with Crippen LogP contribution in [0.1, 0.15) is 19.3 Å². The Balaban J connectivity index is 1.82. The largest absolute Gasteiger partial charge is 0.374 e. The molecule has 0 spiro atoms. The SMILES string of the molecule is C1CNC(C2CCCO2)OC1. The number of ether oxygens (including phenoxy) is 2. The molecule has 2 fully saturated rings. The second-order valence-electron chi connectivity index (χ2n) is 3.15. The second-order valence-corrected chi connectivity index (χ2v) is 3.15. The summed E-state index contributed by atoms with van der Waals surface area (Å²) in [5.41, 5.74) is 0. The zero-order valence-corrected chi connectivity index (χ0v) is 6.71. The van der Waals surface area contributed by atoms with Crippen LogP contribution in [-0.2, 0) is 9.47 Å². The molecule has 2 atom stereocenters. The molecule has 2 aliphatic rings. The van der Waals surface area contributed by atoms with Crippen LogP contribution in [-0.4, -0.2) is 32.1 Å². The summed E-state index contributed by atoms with van der Waals surface area (Å²) in [7, 11) is 0. The lowest BCUT2D eigenvalue weighted by atomic mass is 10.2. The number of hydrogen-bond acceptors (Lipinski definition) is 3. The van der Waals surface area contributed by atoms with Crippen LogP contribution in [0.2, 0.25) is 0 Å². The maximum Gasteiger partial charge on any atom is 0.134 e. The molecule has 0 aromatic heterocycles. The zero-order chi connectivity index (χ0) is 7.52. The van der Waals surface area contributed by atoms with Crippen LogP contribution < -0.4 is 5.32 Å². The van der Waals surface area contributed by atoms with Crippen LogP contribution in [0.3, 0.4) is 0 Å². The van der Waals surface area contributed by atoms with E-state index in [0.29, 0.717) is 6.10 Å². The van der Waals surface area contributed by atoms with Gasteiger partial charge in [-0.05, 0) is 25.8 Å². The van der Waals surface area contributed by atoms with Gasteiger partial charge in [-0.25, -0.2) is 0 Å². The number of rotatable bonds is 1. The maximum atomic E-state index is 5.53. The summed E-state index contributed by atoms with van der Waals surface area (Å²) >= 11 is 0. The summed E-state index contributed by atoms with van der Waals surface area (Å²) < 4.78 is 11.0. The Hall–Kier alpha value is -0.120. The lowest BCUT2D eigenvalue weighted by Crippen LogP contribution is -2.46. The highest BCUT2D eigenvalue weighted by atomic mass is 16.6. The molecule has 0 radical (unpaired) electrons. The van der Waals surface area contributed by atoms with Gasteiger partial charge in [-0.2, -0.15) is 0 Å². The number of hydrogen-bond donors (Lipinski definition) is 1. The highest BCUT2D eigenvalue weighted by Gasteiger charge is 2.27. The fourth-order valence-corrected chi connectivity index (χ4v) is 1.67. The Morgan fingerprint density at radius 3 is 2.64 bits per heavy atom. The van der Waals surface area contributed by atoms with Gasteiger partial charge in [0.1, 0.15) is 6.23 Å². The Morgan fingerprint density at radius 2 is 2.00 bits per heavy atom. The molecule has 2 heterocycles. The van der Waals surface area contributed by atoms with E-state index >= 15 is 0 Å². The molecule has 0 saturated carbocycles. The molecule has 0 aromatic carbocycles. The second kappa shape index (κ2) is 3.52. The highest BCUT2D eigenvalue weighted by molar-refractivity contribution is 4.75. The Morgan fingerprint density at radius 1 is 1.09 bits per heavy atom. The van der Waals surface area contributed by atoms with Gasteiger partial charge < -0.3 is 9.47 Å². The van der Waals surface area contributed by atoms with Gasteiger partial charge in [0.05, 0.1) is 12.7 Å². The van der Waals surface area contributed by atoms with Gasteiger partial charge >= 0.3 is 0 Å². The minimum absolute atomic E-state index is 0.172. The minimum atomic E-state index is 0.172. The van der Waals surface area contributed by atoms with Gasteiger partial charge in [0.2, 0.25) is 0 Å². The van der Waals surface area contributed by atoms with Crippen molar-refractivity contribution in [2.75, 3.05) is 19.8 Å². The predicted octanol–water partition coefficient (Wildman–Crippen LogP) is 0.501. The smallest absolute Gasteiger partial charge is 0.134 e. The van der Waals surface area contributed by atoms with Crippen LogP contribution in [0.4, 0.5) is 0 Å². The van der Waals surface area contributed by atoms with E-state index in [2.05, 4.69) is 5.32 Å². The molecular weight excluding hydrogens is 142 g/mol. The van der Waals surface area contributed by atoms with E-state index in [-0.39, 0.29) is 6.23 Å². The van der Waals surface area contributed by atoms with Gasteiger partial charge in [-0.15, -0.1) is 0 Å². The van der Waals surface area contributed by atoms with E-state index in [4.69, 9.17) is 9.47 Å². The van der Waals surface area contributed by atoms with Crippen LogP contribution in [0.25, 0.3) is 0 Å². The normalized spacial score (nSPS) is 39.3. The molecular formula is C8H15NO2. The summed E-state index contributed by atoms with van der Waals surface area (Å²) in [5, 5.41) is 3.31. The molecule has 3 heteroatoms. The van der Waals surface area contributed by atoms with Crippen LogP contribution in [0, 0.1) is 0 Å². The van der Waals surface area contributed by atoms with Crippen molar-refractivity contribution in [3.8, 4) is 0 Å². The Bertz CT molecular complexity index is 117. The van der Waals surface area contributed by atoms with Gasteiger partial charge in [-0.3, -0.25) is 5.32 Å². The standard InChI is InChI=1S/C8H15NO2/c1-3-7(10-5-1)8-9-4-2-6-11-8/h7-9H,1-6H2. The van der Waals surface area contributed by atoms with E-state index in [1.165, 1.54) is 6.42 Å². The molecule has 64 valence electrons. The average molecular weight is 157 g/mol. The van der Waals surface area contributed by atoms with Crippen molar-refractivity contribution >= 4 is 0 Å². The number of nitrogens with one attached hydrogen (secondary N) is 1. The molecule has 0 amide bonds. The molecule has 2 rings (SSSR count). The van der Waals surface area contributed by atoms with E-state index in [0.717, 1.165) is 32.6 Å². The third kappa shape index (κ3) is 1.72. The van der Waals surface area contributed by atoms with Crippen LogP contribution in [0.15, 0.2) is 0 Å². The van der Waals surface area contributed by atoms with E-state index < -0.39 is 0 Å². The topological polar surface area (TPSA) is 30.5 Å². The molecule has 0 aliphatic carbocycles. The van der Waals surface area contributed by atoms with Gasteiger partial charge in [0, 0.05) is 6.61 Å². The summed E-state index contributed by atoms with van der Waals surface area (Å²) in [4.78, 5) is 0. The summed E-state index contributed by atoms with van der Waals surface area (Å²) in [6.07, 6.45) is 3.95. The summed E-state index contributed by atoms with van der Waals surface area (Å²) in [6.45, 7) is 2.87. The van der Waals surface area contributed by atoms with E-state index in [9.17, 15) is 0 Å². The predicted molar refractivity (Wildman–Crippen MR) is 41.3 cm³/mol. The van der Waals surface area contributed by atoms with Gasteiger partial charge in [-0.1, -0.05) is 0 Å². The molecule has 3 nitrogen and oxygen atoms in total. The van der Waals surface area contributed by atoms with Gasteiger partial charge in [0.15, 0.2) is 0 Å². The fraction of sp³-hybridized carbons (Fsp3) is 1.00. The third-order valence-corrected chi connectivity index (χ3v) is 2.27. The molecule has 2 saturated heterocycles. The van der Waals surface area contributed by atoms with Crippen molar-refractivity contribution in [3.05, 3.63) is 0 Å². The lowest BCUT2D eigenvalue weighted by molar-refractivity contribution is -0.0822. The highest BCUT2D eigenvalue weighted by Crippen LogP contribution is 2.17. The molecule has 2 unspecified atom stereocenters. The van der Waals surface area contributed by atoms with E-state index in [1.807, 2.05) is 0 Å². The monoisotopic (exact) mass is 157 g/mol. The zero-order valence-electron chi connectivity index (χ0n) is 6.71. The van der Waals surface area contributed by atoms with Crippen molar-refractivity contribution in [3.63, 3.8) is 0 Å². The van der Waals surface area contributed by atoms with E-state index in [1.54, 1.807) is 0 Å².